The normalized spacial score (nSPS) is 11.8. The number of ketones is 1. The van der Waals surface area contributed by atoms with Gasteiger partial charge in [0, 0.05) is 12.0 Å². The second kappa shape index (κ2) is 6.95. The van der Waals surface area contributed by atoms with Crippen molar-refractivity contribution >= 4 is 5.78 Å². The molecule has 0 aliphatic carbocycles. The summed E-state index contributed by atoms with van der Waals surface area (Å²) in [6.07, 6.45) is -1.35. The van der Waals surface area contributed by atoms with Gasteiger partial charge in [-0.25, -0.2) is 0 Å². The van der Waals surface area contributed by atoms with Gasteiger partial charge in [-0.15, -0.1) is 0 Å². The third-order valence-electron chi connectivity index (χ3n) is 3.38. The Hall–Kier alpha value is -2.53. The smallest absolute Gasteiger partial charge is 0.170 e. The van der Waals surface area contributed by atoms with Crippen molar-refractivity contribution in [3.63, 3.8) is 0 Å². The minimum absolute atomic E-state index is 0.0374. The molecule has 0 radical (unpaired) electrons. The number of Topliss-reactive ketones (excluding diaryl/α,β-unsaturated/α-hetero) is 1. The van der Waals surface area contributed by atoms with Crippen molar-refractivity contribution in [2.45, 2.75) is 12.5 Å². The first-order chi connectivity index (χ1) is 10.6. The quantitative estimate of drug-likeness (QED) is 0.856. The molecule has 0 spiro atoms. The van der Waals surface area contributed by atoms with E-state index in [2.05, 4.69) is 0 Å². The van der Waals surface area contributed by atoms with Crippen LogP contribution >= 0.6 is 0 Å². The molecule has 0 fully saturated rings. The van der Waals surface area contributed by atoms with E-state index in [0.717, 1.165) is 0 Å². The van der Waals surface area contributed by atoms with E-state index in [-0.39, 0.29) is 12.2 Å². The monoisotopic (exact) mass is 302 g/mol. The summed E-state index contributed by atoms with van der Waals surface area (Å²) in [5.41, 5.74) is 0.894. The maximum absolute atomic E-state index is 12.2. The van der Waals surface area contributed by atoms with Gasteiger partial charge in [0.15, 0.2) is 17.3 Å². The minimum atomic E-state index is -1.29. The molecule has 2 N–H and O–H groups in total. The third-order valence-corrected chi connectivity index (χ3v) is 3.38. The third kappa shape index (κ3) is 3.38. The summed E-state index contributed by atoms with van der Waals surface area (Å²) >= 11 is 0. The molecule has 2 aromatic rings. The molecule has 0 heterocycles. The molecule has 2 aromatic carbocycles. The number of phenols is 1. The second-order valence-corrected chi connectivity index (χ2v) is 4.79. The van der Waals surface area contributed by atoms with Crippen molar-refractivity contribution < 1.29 is 24.5 Å². The van der Waals surface area contributed by atoms with Crippen LogP contribution in [0.25, 0.3) is 0 Å². The van der Waals surface area contributed by atoms with Crippen LogP contribution in [-0.2, 0) is 11.2 Å². The Bertz CT molecular complexity index is 666. The highest BCUT2D eigenvalue weighted by molar-refractivity contribution is 5.86. The summed E-state index contributed by atoms with van der Waals surface area (Å²) in [7, 11) is 3.00. The van der Waals surface area contributed by atoms with E-state index in [0.29, 0.717) is 22.6 Å². The molecule has 0 aliphatic rings. The maximum Gasteiger partial charge on any atom is 0.170 e. The second-order valence-electron chi connectivity index (χ2n) is 4.79. The standard InChI is InChI=1S/C17H18O5/c1-21-15-8-7-12(10-16(15)22-2)17(20)14(19)9-11-5-3-4-6-13(11)18/h3-8,10,17-18,20H,9H2,1-2H3. The molecule has 0 aliphatic heterocycles. The number of phenolic OH excluding ortho intramolecular Hbond substituents is 1. The maximum atomic E-state index is 12.2. The molecule has 0 amide bonds. The lowest BCUT2D eigenvalue weighted by Crippen LogP contribution is -2.14. The van der Waals surface area contributed by atoms with E-state index in [1.165, 1.54) is 20.3 Å². The van der Waals surface area contributed by atoms with E-state index in [9.17, 15) is 15.0 Å². The van der Waals surface area contributed by atoms with Crippen LogP contribution in [0, 0.1) is 0 Å². The Morgan fingerprint density at radius 3 is 2.41 bits per heavy atom. The van der Waals surface area contributed by atoms with Gasteiger partial charge in [0.1, 0.15) is 11.9 Å². The SMILES string of the molecule is COc1ccc(C(O)C(=O)Cc2ccccc2O)cc1OC. The van der Waals surface area contributed by atoms with E-state index in [4.69, 9.17) is 9.47 Å². The number of aliphatic hydroxyl groups excluding tert-OH is 1. The zero-order valence-electron chi connectivity index (χ0n) is 12.4. The number of ether oxygens (including phenoxy) is 2. The number of carbonyl (C=O) groups is 1. The van der Waals surface area contributed by atoms with Gasteiger partial charge in [0.25, 0.3) is 0 Å². The van der Waals surface area contributed by atoms with E-state index < -0.39 is 11.9 Å². The number of methoxy groups -OCH3 is 2. The summed E-state index contributed by atoms with van der Waals surface area (Å²) < 4.78 is 10.3. The number of hydrogen-bond acceptors (Lipinski definition) is 5. The van der Waals surface area contributed by atoms with Crippen LogP contribution in [0.15, 0.2) is 42.5 Å². The zero-order valence-corrected chi connectivity index (χ0v) is 12.4. The molecule has 22 heavy (non-hydrogen) atoms. The number of benzene rings is 2. The van der Waals surface area contributed by atoms with E-state index in [1.807, 2.05) is 0 Å². The highest BCUT2D eigenvalue weighted by atomic mass is 16.5. The average Bonchev–Trinajstić information content (AvgIpc) is 2.55. The molecule has 0 saturated carbocycles. The van der Waals surface area contributed by atoms with Crippen LogP contribution in [0.5, 0.6) is 17.2 Å². The molecule has 5 nitrogen and oxygen atoms in total. The van der Waals surface area contributed by atoms with Gasteiger partial charge < -0.3 is 19.7 Å². The number of carbonyl (C=O) groups excluding carboxylic acids is 1. The lowest BCUT2D eigenvalue weighted by Gasteiger charge is -2.14. The molecular formula is C17H18O5. The number of aromatic hydroxyl groups is 1. The Balaban J connectivity index is 2.19. The van der Waals surface area contributed by atoms with Crippen molar-refractivity contribution in [1.29, 1.82) is 0 Å². The summed E-state index contributed by atoms with van der Waals surface area (Å²) in [5, 5.41) is 19.9. The van der Waals surface area contributed by atoms with Crippen molar-refractivity contribution in [2.75, 3.05) is 14.2 Å². The largest absolute Gasteiger partial charge is 0.508 e. The predicted octanol–water partition coefficient (Wildman–Crippen LogP) is 2.25. The average molecular weight is 302 g/mol. The van der Waals surface area contributed by atoms with Crippen LogP contribution in [0.1, 0.15) is 17.2 Å². The highest BCUT2D eigenvalue weighted by Gasteiger charge is 2.20. The van der Waals surface area contributed by atoms with Crippen LogP contribution < -0.4 is 9.47 Å². The van der Waals surface area contributed by atoms with Gasteiger partial charge in [-0.1, -0.05) is 24.3 Å². The number of hydrogen-bond donors (Lipinski definition) is 2. The van der Waals surface area contributed by atoms with Crippen molar-refractivity contribution in [2.24, 2.45) is 0 Å². The van der Waals surface area contributed by atoms with Gasteiger partial charge in [-0.05, 0) is 23.8 Å². The minimum Gasteiger partial charge on any atom is -0.508 e. The molecule has 1 atom stereocenters. The number of aliphatic hydroxyl groups is 1. The molecule has 116 valence electrons. The topological polar surface area (TPSA) is 76.0 Å². The summed E-state index contributed by atoms with van der Waals surface area (Å²) in [4.78, 5) is 12.2. The fraction of sp³-hybridized carbons (Fsp3) is 0.235. The van der Waals surface area contributed by atoms with Gasteiger partial charge in [-0.2, -0.15) is 0 Å². The van der Waals surface area contributed by atoms with Crippen LogP contribution in [0.4, 0.5) is 0 Å². The molecule has 0 saturated heterocycles. The first-order valence-electron chi connectivity index (χ1n) is 6.76. The van der Waals surface area contributed by atoms with Crippen LogP contribution in [-0.4, -0.2) is 30.2 Å². The first kappa shape index (κ1) is 15.9. The number of rotatable bonds is 6. The molecule has 0 bridgehead atoms. The van der Waals surface area contributed by atoms with Crippen molar-refractivity contribution in [3.05, 3.63) is 53.6 Å². The zero-order chi connectivity index (χ0) is 16.1. The van der Waals surface area contributed by atoms with Crippen LogP contribution in [0.3, 0.4) is 0 Å². The summed E-state index contributed by atoms with van der Waals surface area (Å²) in [5.74, 6) is 0.588. The van der Waals surface area contributed by atoms with Gasteiger partial charge in [0.2, 0.25) is 0 Å². The fourth-order valence-corrected chi connectivity index (χ4v) is 2.15. The Morgan fingerprint density at radius 1 is 1.09 bits per heavy atom. The molecule has 1 unspecified atom stereocenters. The Morgan fingerprint density at radius 2 is 1.77 bits per heavy atom. The van der Waals surface area contributed by atoms with Gasteiger partial charge in [0.05, 0.1) is 14.2 Å². The Labute approximate surface area is 128 Å². The molecule has 5 heteroatoms. The highest BCUT2D eigenvalue weighted by Crippen LogP contribution is 2.30. The predicted molar refractivity (Wildman–Crippen MR) is 81.3 cm³/mol. The molecule has 0 aromatic heterocycles. The molecule has 2 rings (SSSR count). The van der Waals surface area contributed by atoms with Gasteiger partial charge >= 0.3 is 0 Å². The van der Waals surface area contributed by atoms with Crippen molar-refractivity contribution in [3.8, 4) is 17.2 Å². The number of para-hydroxylation sites is 1. The fourth-order valence-electron chi connectivity index (χ4n) is 2.15. The summed E-state index contributed by atoms with van der Waals surface area (Å²) in [6, 6.07) is 11.4. The van der Waals surface area contributed by atoms with E-state index >= 15 is 0 Å². The lowest BCUT2D eigenvalue weighted by atomic mass is 9.99. The Kier molecular flexibility index (Phi) is 5.01. The lowest BCUT2D eigenvalue weighted by molar-refractivity contribution is -0.126. The summed E-state index contributed by atoms with van der Waals surface area (Å²) in [6.45, 7) is 0. The molecular weight excluding hydrogens is 284 g/mol. The van der Waals surface area contributed by atoms with Crippen LogP contribution in [0.2, 0.25) is 0 Å². The van der Waals surface area contributed by atoms with Gasteiger partial charge in [-0.3, -0.25) is 4.79 Å². The van der Waals surface area contributed by atoms with Crippen molar-refractivity contribution in [1.82, 2.24) is 0 Å². The van der Waals surface area contributed by atoms with E-state index in [1.54, 1.807) is 36.4 Å². The first-order valence-corrected chi connectivity index (χ1v) is 6.76.